The van der Waals surface area contributed by atoms with Crippen LogP contribution in [-0.4, -0.2) is 43.5 Å². The molecule has 0 saturated heterocycles. The fourth-order valence-corrected chi connectivity index (χ4v) is 2.85. The monoisotopic (exact) mass is 269 g/mol. The molecule has 0 aromatic heterocycles. The third-order valence-electron chi connectivity index (χ3n) is 4.10. The standard InChI is InChI=1S/C15H31N3O/c1-18(2)14-9-7-8-13(12-14)17-15(19)10-5-3-4-6-11-16/h13-14H,3-12,16H2,1-2H3,(H,17,19). The number of nitrogens with zero attached hydrogens (tertiary/aromatic N) is 1. The Bertz CT molecular complexity index is 256. The summed E-state index contributed by atoms with van der Waals surface area (Å²) in [4.78, 5) is 14.2. The second-order valence-corrected chi connectivity index (χ2v) is 6.00. The molecule has 0 aromatic carbocycles. The largest absolute Gasteiger partial charge is 0.353 e. The zero-order chi connectivity index (χ0) is 14.1. The Morgan fingerprint density at radius 3 is 2.63 bits per heavy atom. The maximum absolute atomic E-state index is 11.9. The quantitative estimate of drug-likeness (QED) is 0.662. The fourth-order valence-electron chi connectivity index (χ4n) is 2.85. The van der Waals surface area contributed by atoms with E-state index < -0.39 is 0 Å². The molecule has 0 aliphatic heterocycles. The van der Waals surface area contributed by atoms with Crippen LogP contribution in [0.15, 0.2) is 0 Å². The van der Waals surface area contributed by atoms with Crippen molar-refractivity contribution in [3.8, 4) is 0 Å². The smallest absolute Gasteiger partial charge is 0.220 e. The van der Waals surface area contributed by atoms with Gasteiger partial charge >= 0.3 is 0 Å². The molecule has 112 valence electrons. The van der Waals surface area contributed by atoms with Crippen molar-refractivity contribution >= 4 is 5.91 Å². The molecule has 0 radical (unpaired) electrons. The predicted octanol–water partition coefficient (Wildman–Crippen LogP) is 1.88. The number of hydrogen-bond acceptors (Lipinski definition) is 3. The highest BCUT2D eigenvalue weighted by Gasteiger charge is 2.24. The van der Waals surface area contributed by atoms with Crippen LogP contribution in [-0.2, 0) is 4.79 Å². The molecular weight excluding hydrogens is 238 g/mol. The van der Waals surface area contributed by atoms with Crippen molar-refractivity contribution in [2.24, 2.45) is 5.73 Å². The summed E-state index contributed by atoms with van der Waals surface area (Å²) in [5.41, 5.74) is 5.45. The SMILES string of the molecule is CN(C)C1CCCC(NC(=O)CCCCCCN)C1. The summed E-state index contributed by atoms with van der Waals surface area (Å²) >= 11 is 0. The lowest BCUT2D eigenvalue weighted by Crippen LogP contribution is -2.43. The van der Waals surface area contributed by atoms with E-state index in [1.165, 1.54) is 12.8 Å². The molecule has 1 saturated carbocycles. The van der Waals surface area contributed by atoms with Crippen LogP contribution >= 0.6 is 0 Å². The van der Waals surface area contributed by atoms with Gasteiger partial charge in [-0.25, -0.2) is 0 Å². The number of nitrogens with one attached hydrogen (secondary N) is 1. The summed E-state index contributed by atoms with van der Waals surface area (Å²) in [5.74, 6) is 0.233. The van der Waals surface area contributed by atoms with Crippen LogP contribution in [0.25, 0.3) is 0 Å². The average molecular weight is 269 g/mol. The van der Waals surface area contributed by atoms with Gasteiger partial charge in [-0.3, -0.25) is 4.79 Å². The summed E-state index contributed by atoms with van der Waals surface area (Å²) in [6.45, 7) is 0.764. The normalized spacial score (nSPS) is 23.6. The Kier molecular flexibility index (Phi) is 8.07. The molecular formula is C15H31N3O. The Labute approximate surface area is 118 Å². The highest BCUT2D eigenvalue weighted by molar-refractivity contribution is 5.76. The zero-order valence-electron chi connectivity index (χ0n) is 12.7. The summed E-state index contributed by atoms with van der Waals surface area (Å²) < 4.78 is 0. The average Bonchev–Trinajstić information content (AvgIpc) is 2.38. The first kappa shape index (κ1) is 16.4. The Balaban J connectivity index is 2.13. The maximum Gasteiger partial charge on any atom is 0.220 e. The van der Waals surface area contributed by atoms with Gasteiger partial charge in [0.1, 0.15) is 0 Å². The first-order chi connectivity index (χ1) is 9.13. The third kappa shape index (κ3) is 6.92. The van der Waals surface area contributed by atoms with Crippen molar-refractivity contribution in [3.05, 3.63) is 0 Å². The molecule has 1 amide bonds. The first-order valence-electron chi connectivity index (χ1n) is 7.79. The lowest BCUT2D eigenvalue weighted by Gasteiger charge is -2.33. The fraction of sp³-hybridized carbons (Fsp3) is 0.933. The van der Waals surface area contributed by atoms with E-state index in [9.17, 15) is 4.79 Å². The molecule has 1 rings (SSSR count). The van der Waals surface area contributed by atoms with E-state index in [1.54, 1.807) is 0 Å². The van der Waals surface area contributed by atoms with Crippen molar-refractivity contribution in [2.45, 2.75) is 69.9 Å². The molecule has 0 bridgehead atoms. The lowest BCUT2D eigenvalue weighted by atomic mass is 9.90. The van der Waals surface area contributed by atoms with Crippen molar-refractivity contribution in [3.63, 3.8) is 0 Å². The molecule has 3 N–H and O–H groups in total. The van der Waals surface area contributed by atoms with Gasteiger partial charge in [0.25, 0.3) is 0 Å². The van der Waals surface area contributed by atoms with Crippen LogP contribution in [0.1, 0.15) is 57.8 Å². The van der Waals surface area contributed by atoms with Gasteiger partial charge in [0.05, 0.1) is 0 Å². The van der Waals surface area contributed by atoms with Crippen molar-refractivity contribution in [2.75, 3.05) is 20.6 Å². The topological polar surface area (TPSA) is 58.4 Å². The van der Waals surface area contributed by atoms with Gasteiger partial charge in [0.2, 0.25) is 5.91 Å². The minimum atomic E-state index is 0.233. The number of amides is 1. The van der Waals surface area contributed by atoms with Crippen LogP contribution in [0.4, 0.5) is 0 Å². The molecule has 2 atom stereocenters. The van der Waals surface area contributed by atoms with E-state index in [0.29, 0.717) is 18.5 Å². The summed E-state index contributed by atoms with van der Waals surface area (Å²) in [6, 6.07) is 1.02. The molecule has 2 unspecified atom stereocenters. The van der Waals surface area contributed by atoms with Gasteiger partial charge in [0.15, 0.2) is 0 Å². The summed E-state index contributed by atoms with van der Waals surface area (Å²) in [7, 11) is 4.26. The number of hydrogen-bond donors (Lipinski definition) is 2. The van der Waals surface area contributed by atoms with E-state index in [1.807, 2.05) is 0 Å². The Morgan fingerprint density at radius 1 is 1.21 bits per heavy atom. The second kappa shape index (κ2) is 9.32. The number of carbonyl (C=O) groups is 1. The van der Waals surface area contributed by atoms with Crippen LogP contribution < -0.4 is 11.1 Å². The molecule has 1 aliphatic rings. The number of nitrogens with two attached hydrogens (primary N) is 1. The van der Waals surface area contributed by atoms with Gasteiger partial charge in [-0.05, 0) is 59.2 Å². The number of carbonyl (C=O) groups excluding carboxylic acids is 1. The Hall–Kier alpha value is -0.610. The molecule has 1 fully saturated rings. The second-order valence-electron chi connectivity index (χ2n) is 6.00. The molecule has 19 heavy (non-hydrogen) atoms. The third-order valence-corrected chi connectivity index (χ3v) is 4.10. The lowest BCUT2D eigenvalue weighted by molar-refractivity contribution is -0.122. The molecule has 1 aliphatic carbocycles. The zero-order valence-corrected chi connectivity index (χ0v) is 12.7. The van der Waals surface area contributed by atoms with Gasteiger partial charge in [-0.15, -0.1) is 0 Å². The van der Waals surface area contributed by atoms with Gasteiger partial charge in [-0.2, -0.15) is 0 Å². The van der Waals surface area contributed by atoms with Crippen LogP contribution in [0, 0.1) is 0 Å². The number of unbranched alkanes of at least 4 members (excludes halogenated alkanes) is 3. The van der Waals surface area contributed by atoms with E-state index in [4.69, 9.17) is 5.73 Å². The molecule has 0 heterocycles. The molecule has 4 nitrogen and oxygen atoms in total. The van der Waals surface area contributed by atoms with Crippen LogP contribution in [0.2, 0.25) is 0 Å². The van der Waals surface area contributed by atoms with E-state index >= 15 is 0 Å². The van der Waals surface area contributed by atoms with Crippen LogP contribution in [0.5, 0.6) is 0 Å². The minimum Gasteiger partial charge on any atom is -0.353 e. The first-order valence-corrected chi connectivity index (χ1v) is 7.79. The molecule has 0 spiro atoms. The van der Waals surface area contributed by atoms with E-state index in [0.717, 1.165) is 45.1 Å². The van der Waals surface area contributed by atoms with Gasteiger partial charge in [0, 0.05) is 18.5 Å². The molecule has 4 heteroatoms. The number of rotatable bonds is 8. The maximum atomic E-state index is 11.9. The molecule has 0 aromatic rings. The summed E-state index contributed by atoms with van der Waals surface area (Å²) in [5, 5.41) is 3.20. The van der Waals surface area contributed by atoms with Crippen molar-refractivity contribution in [1.82, 2.24) is 10.2 Å². The highest BCUT2D eigenvalue weighted by Crippen LogP contribution is 2.21. The summed E-state index contributed by atoms with van der Waals surface area (Å²) in [6.07, 6.45) is 9.75. The Morgan fingerprint density at radius 2 is 1.95 bits per heavy atom. The van der Waals surface area contributed by atoms with Gasteiger partial charge < -0.3 is 16.0 Å². The van der Waals surface area contributed by atoms with Crippen molar-refractivity contribution in [1.29, 1.82) is 0 Å². The predicted molar refractivity (Wildman–Crippen MR) is 80.0 cm³/mol. The van der Waals surface area contributed by atoms with E-state index in [2.05, 4.69) is 24.3 Å². The van der Waals surface area contributed by atoms with Gasteiger partial charge in [-0.1, -0.05) is 12.8 Å². The minimum absolute atomic E-state index is 0.233. The van der Waals surface area contributed by atoms with Crippen molar-refractivity contribution < 1.29 is 4.79 Å². The van der Waals surface area contributed by atoms with E-state index in [-0.39, 0.29) is 5.91 Å². The highest BCUT2D eigenvalue weighted by atomic mass is 16.1. The van der Waals surface area contributed by atoms with Crippen LogP contribution in [0.3, 0.4) is 0 Å².